The summed E-state index contributed by atoms with van der Waals surface area (Å²) in [6.07, 6.45) is 4.98. The molecule has 1 aromatic heterocycles. The van der Waals surface area contributed by atoms with Gasteiger partial charge in [-0.15, -0.1) is 0 Å². The number of nitrogens with zero attached hydrogens (tertiary/aromatic N) is 2. The fourth-order valence-electron chi connectivity index (χ4n) is 2.89. The molecule has 1 atom stereocenters. The smallest absolute Gasteiger partial charge is 0.267 e. The minimum Gasteiger partial charge on any atom is -0.364 e. The van der Waals surface area contributed by atoms with E-state index in [0.29, 0.717) is 40.1 Å². The largest absolute Gasteiger partial charge is 0.364 e. The van der Waals surface area contributed by atoms with Crippen molar-refractivity contribution >= 4 is 46.9 Å². The number of carbonyl (C=O) groups excluding carboxylic acids is 2. The maximum absolute atomic E-state index is 12.6. The summed E-state index contributed by atoms with van der Waals surface area (Å²) in [5.41, 5.74) is 2.72. The van der Waals surface area contributed by atoms with E-state index in [2.05, 4.69) is 10.3 Å². The third kappa shape index (κ3) is 5.01. The lowest BCUT2D eigenvalue weighted by atomic mass is 10.2. The molecule has 1 saturated heterocycles. The first-order chi connectivity index (χ1) is 13.5. The minimum absolute atomic E-state index is 0.0304. The predicted molar refractivity (Wildman–Crippen MR) is 108 cm³/mol. The van der Waals surface area contributed by atoms with Crippen LogP contribution in [-0.2, 0) is 4.79 Å². The highest BCUT2D eigenvalue weighted by Crippen LogP contribution is 2.24. The number of hydrogen-bond donors (Lipinski definition) is 3. The number of aromatic nitrogens is 1. The van der Waals surface area contributed by atoms with Crippen LogP contribution in [0.5, 0.6) is 0 Å². The molecule has 1 aliphatic heterocycles. The van der Waals surface area contributed by atoms with Crippen LogP contribution >= 0.6 is 23.2 Å². The molecule has 1 aliphatic rings. The molecule has 3 N–H and O–H groups in total. The second kappa shape index (κ2) is 9.05. The molecule has 0 unspecified atom stereocenters. The van der Waals surface area contributed by atoms with Crippen molar-refractivity contribution in [3.05, 3.63) is 63.8 Å². The maximum atomic E-state index is 12.6. The van der Waals surface area contributed by atoms with Crippen molar-refractivity contribution in [2.75, 3.05) is 18.4 Å². The number of carbonyl (C=O) groups is 2. The van der Waals surface area contributed by atoms with Crippen molar-refractivity contribution in [1.29, 1.82) is 0 Å². The van der Waals surface area contributed by atoms with Gasteiger partial charge in [0, 0.05) is 42.0 Å². The number of nitrogens with one attached hydrogen (secondary N) is 2. The molecule has 146 valence electrons. The molecule has 1 aromatic carbocycles. The average Bonchev–Trinajstić information content (AvgIpc) is 3.16. The molecule has 1 fully saturated rings. The SMILES string of the molecule is O=C(C=Cc1cnc(N[C@@H]2CCN(C(=O)c3ccc(Cl)cc3)C2)c(Cl)c1)NO. The van der Waals surface area contributed by atoms with Crippen LogP contribution < -0.4 is 10.8 Å². The van der Waals surface area contributed by atoms with Gasteiger partial charge in [-0.05, 0) is 48.4 Å². The first-order valence-corrected chi connectivity index (χ1v) is 9.31. The van der Waals surface area contributed by atoms with Crippen molar-refractivity contribution in [2.24, 2.45) is 0 Å². The maximum Gasteiger partial charge on any atom is 0.267 e. The van der Waals surface area contributed by atoms with E-state index in [-0.39, 0.29) is 11.9 Å². The number of hydroxylamine groups is 1. The second-order valence-electron chi connectivity index (χ2n) is 6.30. The normalized spacial score (nSPS) is 16.4. The third-order valence-electron chi connectivity index (χ3n) is 4.31. The van der Waals surface area contributed by atoms with Gasteiger partial charge in [-0.2, -0.15) is 0 Å². The molecule has 0 spiro atoms. The van der Waals surface area contributed by atoms with Crippen molar-refractivity contribution in [2.45, 2.75) is 12.5 Å². The zero-order valence-electron chi connectivity index (χ0n) is 14.7. The quantitative estimate of drug-likeness (QED) is 0.392. The molecule has 28 heavy (non-hydrogen) atoms. The lowest BCUT2D eigenvalue weighted by Gasteiger charge is -2.18. The van der Waals surface area contributed by atoms with Gasteiger partial charge in [0.05, 0.1) is 5.02 Å². The monoisotopic (exact) mass is 420 g/mol. The second-order valence-corrected chi connectivity index (χ2v) is 7.14. The van der Waals surface area contributed by atoms with E-state index in [9.17, 15) is 9.59 Å². The number of anilines is 1. The van der Waals surface area contributed by atoms with Gasteiger partial charge in [-0.3, -0.25) is 14.8 Å². The van der Waals surface area contributed by atoms with E-state index in [0.717, 1.165) is 12.5 Å². The standard InChI is InChI=1S/C19H18Cl2N4O3/c20-14-4-2-13(3-5-14)19(27)25-8-7-15(11-25)23-18-16(21)9-12(10-22-18)1-6-17(26)24-28/h1-6,9-10,15,28H,7-8,11H2,(H,22,23)(H,24,26)/t15-/m1/s1. The van der Waals surface area contributed by atoms with Crippen LogP contribution in [0.4, 0.5) is 5.82 Å². The van der Waals surface area contributed by atoms with Crippen LogP contribution in [0.2, 0.25) is 10.0 Å². The van der Waals surface area contributed by atoms with Crippen LogP contribution in [0.3, 0.4) is 0 Å². The summed E-state index contributed by atoms with van der Waals surface area (Å²) in [7, 11) is 0. The molecular formula is C19H18Cl2N4O3. The Kier molecular flexibility index (Phi) is 6.51. The minimum atomic E-state index is -0.644. The van der Waals surface area contributed by atoms with Crippen molar-refractivity contribution in [1.82, 2.24) is 15.4 Å². The molecule has 0 aliphatic carbocycles. The Morgan fingerprint density at radius 2 is 2.00 bits per heavy atom. The number of rotatable bonds is 5. The summed E-state index contributed by atoms with van der Waals surface area (Å²) >= 11 is 12.1. The molecule has 0 radical (unpaired) electrons. The van der Waals surface area contributed by atoms with Gasteiger partial charge >= 0.3 is 0 Å². The van der Waals surface area contributed by atoms with Gasteiger partial charge in [0.1, 0.15) is 5.82 Å². The Bertz CT molecular complexity index is 903. The Balaban J connectivity index is 1.60. The molecule has 2 heterocycles. The van der Waals surface area contributed by atoms with Gasteiger partial charge in [-0.1, -0.05) is 23.2 Å². The van der Waals surface area contributed by atoms with Gasteiger partial charge in [0.2, 0.25) is 0 Å². The summed E-state index contributed by atoms with van der Waals surface area (Å²) in [6.45, 7) is 1.17. The zero-order chi connectivity index (χ0) is 20.1. The molecule has 3 rings (SSSR count). The fraction of sp³-hybridized carbons (Fsp3) is 0.211. The lowest BCUT2D eigenvalue weighted by Crippen LogP contribution is -2.31. The van der Waals surface area contributed by atoms with E-state index in [1.165, 1.54) is 11.6 Å². The average molecular weight is 421 g/mol. The van der Waals surface area contributed by atoms with E-state index < -0.39 is 5.91 Å². The van der Waals surface area contributed by atoms with E-state index in [1.807, 2.05) is 0 Å². The van der Waals surface area contributed by atoms with Gasteiger partial charge in [0.25, 0.3) is 11.8 Å². The molecular weight excluding hydrogens is 403 g/mol. The van der Waals surface area contributed by atoms with Crippen LogP contribution in [-0.4, -0.2) is 46.0 Å². The summed E-state index contributed by atoms with van der Waals surface area (Å²) < 4.78 is 0. The van der Waals surface area contributed by atoms with Gasteiger partial charge < -0.3 is 10.2 Å². The number of benzene rings is 1. The highest BCUT2D eigenvalue weighted by atomic mass is 35.5. The number of hydrogen-bond acceptors (Lipinski definition) is 5. The van der Waals surface area contributed by atoms with Crippen molar-refractivity contribution in [3.63, 3.8) is 0 Å². The Hall–Kier alpha value is -2.61. The van der Waals surface area contributed by atoms with Crippen molar-refractivity contribution < 1.29 is 14.8 Å². The Labute approximate surface area is 171 Å². The molecule has 2 aromatic rings. The van der Waals surface area contributed by atoms with Crippen molar-refractivity contribution in [3.8, 4) is 0 Å². The van der Waals surface area contributed by atoms with Crippen LogP contribution in [0, 0.1) is 0 Å². The number of amides is 2. The van der Waals surface area contributed by atoms with E-state index >= 15 is 0 Å². The van der Waals surface area contributed by atoms with E-state index in [4.69, 9.17) is 28.4 Å². The summed E-state index contributed by atoms with van der Waals surface area (Å²) in [5, 5.41) is 12.7. The summed E-state index contributed by atoms with van der Waals surface area (Å²) in [5.74, 6) is -0.173. The van der Waals surface area contributed by atoms with Crippen LogP contribution in [0.25, 0.3) is 6.08 Å². The first-order valence-electron chi connectivity index (χ1n) is 8.55. The third-order valence-corrected chi connectivity index (χ3v) is 4.85. The first kappa shape index (κ1) is 20.1. The number of halogens is 2. The summed E-state index contributed by atoms with van der Waals surface area (Å²) in [4.78, 5) is 29.6. The molecule has 0 saturated carbocycles. The topological polar surface area (TPSA) is 94.6 Å². The van der Waals surface area contributed by atoms with Gasteiger partial charge in [0.15, 0.2) is 0 Å². The molecule has 9 heteroatoms. The Morgan fingerprint density at radius 1 is 1.25 bits per heavy atom. The predicted octanol–water partition coefficient (Wildman–Crippen LogP) is 3.23. The lowest BCUT2D eigenvalue weighted by molar-refractivity contribution is -0.124. The highest BCUT2D eigenvalue weighted by molar-refractivity contribution is 6.33. The van der Waals surface area contributed by atoms with Crippen LogP contribution in [0.1, 0.15) is 22.3 Å². The van der Waals surface area contributed by atoms with Gasteiger partial charge in [-0.25, -0.2) is 10.5 Å². The van der Waals surface area contributed by atoms with E-state index in [1.54, 1.807) is 41.4 Å². The highest BCUT2D eigenvalue weighted by Gasteiger charge is 2.27. The number of likely N-dealkylation sites (tertiary alicyclic amines) is 1. The zero-order valence-corrected chi connectivity index (χ0v) is 16.2. The summed E-state index contributed by atoms with van der Waals surface area (Å²) in [6, 6.07) is 8.52. The molecule has 2 amide bonds. The molecule has 7 nitrogen and oxygen atoms in total. The molecule has 0 bridgehead atoms. The fourth-order valence-corrected chi connectivity index (χ4v) is 3.25. The Morgan fingerprint density at radius 3 is 2.68 bits per heavy atom. The number of pyridine rings is 1. The van der Waals surface area contributed by atoms with Crippen LogP contribution in [0.15, 0.2) is 42.6 Å².